The van der Waals surface area contributed by atoms with Crippen LogP contribution in [0.3, 0.4) is 0 Å². The maximum Gasteiger partial charge on any atom is 0.256 e. The number of amides is 1. The number of anilines is 1. The quantitative estimate of drug-likeness (QED) is 0.553. The maximum atomic E-state index is 13.3. The number of hydrogen-bond acceptors (Lipinski definition) is 4. The van der Waals surface area contributed by atoms with E-state index in [2.05, 4.69) is 28.2 Å². The zero-order chi connectivity index (χ0) is 21.4. The highest BCUT2D eigenvalue weighted by atomic mass is 16.2. The Bertz CT molecular complexity index is 1160. The molecule has 1 amide bonds. The summed E-state index contributed by atoms with van der Waals surface area (Å²) in [5.74, 6) is -0.328. The van der Waals surface area contributed by atoms with Gasteiger partial charge < -0.3 is 10.2 Å². The normalized spacial score (nSPS) is 16.1. The maximum absolute atomic E-state index is 13.3. The minimum Gasteiger partial charge on any atom is -0.322 e. The van der Waals surface area contributed by atoms with E-state index in [9.17, 15) is 9.59 Å². The number of piperazine rings is 1. The fourth-order valence-corrected chi connectivity index (χ4v) is 4.48. The molecule has 0 atom stereocenters. The van der Waals surface area contributed by atoms with Gasteiger partial charge in [-0.2, -0.15) is 0 Å². The highest BCUT2D eigenvalue weighted by molar-refractivity contribution is 6.26. The summed E-state index contributed by atoms with van der Waals surface area (Å²) in [6.45, 7) is 4.91. The first-order valence-electron chi connectivity index (χ1n) is 10.7. The first-order valence-corrected chi connectivity index (χ1v) is 10.7. The van der Waals surface area contributed by atoms with E-state index >= 15 is 0 Å². The van der Waals surface area contributed by atoms with E-state index < -0.39 is 0 Å². The Labute approximate surface area is 182 Å². The van der Waals surface area contributed by atoms with Gasteiger partial charge in [0.25, 0.3) is 5.91 Å². The molecule has 0 unspecified atom stereocenters. The van der Waals surface area contributed by atoms with Crippen molar-refractivity contribution in [1.29, 1.82) is 0 Å². The van der Waals surface area contributed by atoms with Crippen LogP contribution in [0.2, 0.25) is 0 Å². The summed E-state index contributed by atoms with van der Waals surface area (Å²) in [5, 5.41) is 3.07. The molecule has 0 saturated carbocycles. The lowest BCUT2D eigenvalue weighted by molar-refractivity contribution is 0.0998. The molecule has 5 heteroatoms. The van der Waals surface area contributed by atoms with Gasteiger partial charge in [0.2, 0.25) is 0 Å². The van der Waals surface area contributed by atoms with E-state index in [1.54, 1.807) is 6.07 Å². The molecule has 3 aromatic carbocycles. The summed E-state index contributed by atoms with van der Waals surface area (Å²) >= 11 is 0. The number of likely N-dealkylation sites (N-methyl/N-ethyl adjacent to an activating group) is 1. The molecule has 0 aromatic heterocycles. The molecule has 156 valence electrons. The Hall–Kier alpha value is -3.28. The number of hydrogen-bond donors (Lipinski definition) is 1. The molecule has 1 aliphatic carbocycles. The van der Waals surface area contributed by atoms with E-state index in [1.165, 1.54) is 0 Å². The summed E-state index contributed by atoms with van der Waals surface area (Å²) < 4.78 is 0. The summed E-state index contributed by atoms with van der Waals surface area (Å²) in [5.41, 5.74) is 5.19. The van der Waals surface area contributed by atoms with Crippen molar-refractivity contribution in [1.82, 2.24) is 9.80 Å². The van der Waals surface area contributed by atoms with Gasteiger partial charge in [-0.05, 0) is 35.9 Å². The molecule has 1 fully saturated rings. The first-order chi connectivity index (χ1) is 15.1. The summed E-state index contributed by atoms with van der Waals surface area (Å²) in [4.78, 5) is 31.0. The number of para-hydroxylation sites is 1. The average molecular weight is 412 g/mol. The molecule has 5 nitrogen and oxygen atoms in total. The number of carbonyl (C=O) groups is 2. The Morgan fingerprint density at radius 1 is 0.839 bits per heavy atom. The van der Waals surface area contributed by atoms with Crippen LogP contribution in [0.1, 0.15) is 31.8 Å². The number of benzene rings is 3. The SMILES string of the molecule is CN1CCN(Cc2ccccc2NC(=O)c2cccc3c2C(=O)c2ccccc2-3)CC1. The second kappa shape index (κ2) is 8.10. The van der Waals surface area contributed by atoms with Crippen LogP contribution in [0.4, 0.5) is 5.69 Å². The van der Waals surface area contributed by atoms with E-state index in [-0.39, 0.29) is 11.7 Å². The van der Waals surface area contributed by atoms with Gasteiger partial charge in [0.1, 0.15) is 0 Å². The molecule has 5 rings (SSSR count). The average Bonchev–Trinajstić information content (AvgIpc) is 3.09. The fraction of sp³-hybridized carbons (Fsp3) is 0.231. The third-order valence-electron chi connectivity index (χ3n) is 6.25. The molecular weight excluding hydrogens is 386 g/mol. The largest absolute Gasteiger partial charge is 0.322 e. The Morgan fingerprint density at radius 2 is 1.52 bits per heavy atom. The van der Waals surface area contributed by atoms with Crippen LogP contribution < -0.4 is 5.32 Å². The fourth-order valence-electron chi connectivity index (χ4n) is 4.48. The number of ketones is 1. The second-order valence-corrected chi connectivity index (χ2v) is 8.29. The molecule has 31 heavy (non-hydrogen) atoms. The minimum absolute atomic E-state index is 0.0814. The van der Waals surface area contributed by atoms with Gasteiger partial charge in [-0.15, -0.1) is 0 Å². The van der Waals surface area contributed by atoms with Gasteiger partial charge in [0.15, 0.2) is 5.78 Å². The van der Waals surface area contributed by atoms with E-state index in [4.69, 9.17) is 0 Å². The lowest BCUT2D eigenvalue weighted by atomic mass is 10.00. The van der Waals surface area contributed by atoms with Gasteiger partial charge in [0, 0.05) is 49.5 Å². The smallest absolute Gasteiger partial charge is 0.256 e. The number of nitrogens with zero attached hydrogens (tertiary/aromatic N) is 2. The molecule has 1 saturated heterocycles. The van der Waals surface area contributed by atoms with Crippen LogP contribution >= 0.6 is 0 Å². The van der Waals surface area contributed by atoms with Crippen molar-refractivity contribution in [2.75, 3.05) is 38.5 Å². The Morgan fingerprint density at radius 3 is 2.32 bits per heavy atom. The molecule has 1 N–H and O–H groups in total. The highest BCUT2D eigenvalue weighted by Crippen LogP contribution is 2.38. The van der Waals surface area contributed by atoms with Crippen molar-refractivity contribution < 1.29 is 9.59 Å². The number of nitrogens with one attached hydrogen (secondary N) is 1. The van der Waals surface area contributed by atoms with E-state index in [0.29, 0.717) is 16.7 Å². The van der Waals surface area contributed by atoms with Crippen molar-refractivity contribution in [3.05, 3.63) is 89.0 Å². The van der Waals surface area contributed by atoms with Crippen molar-refractivity contribution in [2.45, 2.75) is 6.54 Å². The Kier molecular flexibility index (Phi) is 5.14. The molecule has 0 bridgehead atoms. The Balaban J connectivity index is 1.41. The van der Waals surface area contributed by atoms with E-state index in [1.807, 2.05) is 54.6 Å². The van der Waals surface area contributed by atoms with Crippen LogP contribution in [0.25, 0.3) is 11.1 Å². The number of fused-ring (bicyclic) bond motifs is 3. The summed E-state index contributed by atoms with van der Waals surface area (Å²) in [6.07, 6.45) is 0. The van der Waals surface area contributed by atoms with Crippen molar-refractivity contribution in [2.24, 2.45) is 0 Å². The van der Waals surface area contributed by atoms with E-state index in [0.717, 1.165) is 55.1 Å². The van der Waals surface area contributed by atoms with Gasteiger partial charge in [-0.25, -0.2) is 0 Å². The minimum atomic E-state index is -0.246. The number of rotatable bonds is 4. The van der Waals surface area contributed by atoms with Crippen LogP contribution in [0.15, 0.2) is 66.7 Å². The third kappa shape index (κ3) is 3.67. The first kappa shape index (κ1) is 19.7. The predicted octanol–water partition coefficient (Wildman–Crippen LogP) is 3.90. The molecule has 3 aromatic rings. The monoisotopic (exact) mass is 411 g/mol. The molecule has 0 radical (unpaired) electrons. The molecular formula is C26H25N3O2. The van der Waals surface area contributed by atoms with Gasteiger partial charge in [-0.3, -0.25) is 14.5 Å². The third-order valence-corrected chi connectivity index (χ3v) is 6.25. The van der Waals surface area contributed by atoms with Gasteiger partial charge in [-0.1, -0.05) is 54.6 Å². The van der Waals surface area contributed by atoms with Crippen molar-refractivity contribution in [3.63, 3.8) is 0 Å². The zero-order valence-electron chi connectivity index (χ0n) is 17.6. The summed E-state index contributed by atoms with van der Waals surface area (Å²) in [6, 6.07) is 21.0. The topological polar surface area (TPSA) is 52.6 Å². The highest BCUT2D eigenvalue weighted by Gasteiger charge is 2.30. The van der Waals surface area contributed by atoms with Crippen LogP contribution in [0, 0.1) is 0 Å². The summed E-state index contributed by atoms with van der Waals surface area (Å²) in [7, 11) is 2.14. The predicted molar refractivity (Wildman–Crippen MR) is 122 cm³/mol. The lowest BCUT2D eigenvalue weighted by Gasteiger charge is -2.32. The lowest BCUT2D eigenvalue weighted by Crippen LogP contribution is -2.43. The molecule has 0 spiro atoms. The zero-order valence-corrected chi connectivity index (χ0v) is 17.6. The second-order valence-electron chi connectivity index (χ2n) is 8.29. The van der Waals surface area contributed by atoms with Crippen LogP contribution in [0.5, 0.6) is 0 Å². The molecule has 2 aliphatic rings. The standard InChI is InChI=1S/C26H25N3O2/c1-28-13-15-29(16-14-28)17-18-7-2-5-12-23(18)27-26(31)22-11-6-10-20-19-8-3-4-9-21(19)25(30)24(20)22/h2-12H,13-17H2,1H3,(H,27,31). The van der Waals surface area contributed by atoms with Crippen LogP contribution in [-0.2, 0) is 6.54 Å². The van der Waals surface area contributed by atoms with Crippen LogP contribution in [-0.4, -0.2) is 54.7 Å². The van der Waals surface area contributed by atoms with Gasteiger partial charge >= 0.3 is 0 Å². The number of carbonyl (C=O) groups excluding carboxylic acids is 2. The molecule has 1 heterocycles. The molecule has 1 aliphatic heterocycles. The van der Waals surface area contributed by atoms with Crippen molar-refractivity contribution >= 4 is 17.4 Å². The van der Waals surface area contributed by atoms with Gasteiger partial charge in [0.05, 0.1) is 5.56 Å². The van der Waals surface area contributed by atoms with Crippen molar-refractivity contribution in [3.8, 4) is 11.1 Å².